The monoisotopic (exact) mass is 403 g/mol. The zero-order chi connectivity index (χ0) is 20.3. The van der Waals surface area contributed by atoms with Crippen LogP contribution in [0.15, 0.2) is 12.1 Å². The Morgan fingerprint density at radius 3 is 2.26 bits per heavy atom. The third-order valence-corrected chi connectivity index (χ3v) is 6.94. The van der Waals surface area contributed by atoms with Gasteiger partial charge in [-0.15, -0.1) is 0 Å². The van der Waals surface area contributed by atoms with Gasteiger partial charge in [0.2, 0.25) is 0 Å². The number of nitro groups is 1. The average Bonchev–Trinajstić information content (AvgIpc) is 2.68. The molecular weight excluding hydrogens is 374 g/mol. The SMILES string of the molecule is CCOc1c(OC)ccc([N+](=O)[O-])c1COCCCC[Si](OC)(OC)OC. The average molecular weight is 404 g/mol. The Balaban J connectivity index is 2.69. The van der Waals surface area contributed by atoms with E-state index < -0.39 is 13.7 Å². The van der Waals surface area contributed by atoms with Gasteiger partial charge in [-0.2, -0.15) is 0 Å². The number of ether oxygens (including phenoxy) is 3. The summed E-state index contributed by atoms with van der Waals surface area (Å²) < 4.78 is 32.6. The van der Waals surface area contributed by atoms with E-state index in [-0.39, 0.29) is 12.3 Å². The van der Waals surface area contributed by atoms with Crippen molar-refractivity contribution in [3.05, 3.63) is 27.8 Å². The van der Waals surface area contributed by atoms with Crippen LogP contribution >= 0.6 is 0 Å². The number of benzene rings is 1. The molecule has 0 saturated heterocycles. The van der Waals surface area contributed by atoms with Crippen molar-refractivity contribution in [3.8, 4) is 11.5 Å². The van der Waals surface area contributed by atoms with Gasteiger partial charge in [-0.05, 0) is 25.8 Å². The highest BCUT2D eigenvalue weighted by molar-refractivity contribution is 6.60. The van der Waals surface area contributed by atoms with Gasteiger partial charge in [-0.1, -0.05) is 0 Å². The first kappa shape index (κ1) is 23.3. The van der Waals surface area contributed by atoms with Crippen molar-refractivity contribution in [1.29, 1.82) is 0 Å². The maximum atomic E-state index is 11.3. The molecule has 9 nitrogen and oxygen atoms in total. The van der Waals surface area contributed by atoms with Gasteiger partial charge in [0.25, 0.3) is 5.69 Å². The minimum atomic E-state index is -2.58. The van der Waals surface area contributed by atoms with Crippen molar-refractivity contribution in [2.45, 2.75) is 32.4 Å². The summed E-state index contributed by atoms with van der Waals surface area (Å²) in [7, 11) is 3.64. The summed E-state index contributed by atoms with van der Waals surface area (Å²) in [4.78, 5) is 10.9. The molecule has 0 aliphatic heterocycles. The molecule has 0 atom stereocenters. The van der Waals surface area contributed by atoms with Crippen molar-refractivity contribution in [2.75, 3.05) is 41.7 Å². The number of hydrogen-bond donors (Lipinski definition) is 0. The quantitative estimate of drug-likeness (QED) is 0.202. The number of methoxy groups -OCH3 is 1. The standard InChI is InChI=1S/C17H29NO8Si/c1-6-26-17-14(15(18(19)20)9-10-16(17)21-2)13-25-11-7-8-12-27(22-3,23-4)24-5/h9-10H,6-8,11-13H2,1-5H3. The van der Waals surface area contributed by atoms with Crippen LogP contribution in [0.3, 0.4) is 0 Å². The van der Waals surface area contributed by atoms with Crippen LogP contribution in [0.5, 0.6) is 11.5 Å². The molecule has 1 rings (SSSR count). The Labute approximate surface area is 161 Å². The van der Waals surface area contributed by atoms with E-state index in [0.717, 1.165) is 12.8 Å². The maximum Gasteiger partial charge on any atom is 0.500 e. The molecule has 154 valence electrons. The fraction of sp³-hybridized carbons (Fsp3) is 0.647. The first-order valence-corrected chi connectivity index (χ1v) is 10.6. The van der Waals surface area contributed by atoms with Crippen molar-refractivity contribution in [1.82, 2.24) is 0 Å². The molecule has 0 fully saturated rings. The lowest BCUT2D eigenvalue weighted by Crippen LogP contribution is -2.42. The molecule has 1 aromatic carbocycles. The van der Waals surface area contributed by atoms with E-state index in [1.165, 1.54) is 19.2 Å². The molecule has 0 radical (unpaired) electrons. The molecule has 0 saturated carbocycles. The van der Waals surface area contributed by atoms with Gasteiger partial charge in [0, 0.05) is 40.0 Å². The van der Waals surface area contributed by atoms with E-state index in [0.29, 0.717) is 36.3 Å². The highest BCUT2D eigenvalue weighted by Gasteiger charge is 2.36. The van der Waals surface area contributed by atoms with Crippen LogP contribution in [0.2, 0.25) is 6.04 Å². The van der Waals surface area contributed by atoms with Gasteiger partial charge >= 0.3 is 8.80 Å². The second kappa shape index (κ2) is 11.9. The van der Waals surface area contributed by atoms with Crippen molar-refractivity contribution < 1.29 is 32.4 Å². The summed E-state index contributed by atoms with van der Waals surface area (Å²) in [5.41, 5.74) is 0.319. The molecule has 0 aliphatic carbocycles. The summed E-state index contributed by atoms with van der Waals surface area (Å²) in [5, 5.41) is 11.3. The molecule has 0 unspecified atom stereocenters. The van der Waals surface area contributed by atoms with Crippen LogP contribution in [0.1, 0.15) is 25.3 Å². The van der Waals surface area contributed by atoms with Crippen molar-refractivity contribution in [3.63, 3.8) is 0 Å². The second-order valence-electron chi connectivity index (χ2n) is 5.59. The molecule has 0 N–H and O–H groups in total. The molecule has 0 bridgehead atoms. The highest BCUT2D eigenvalue weighted by Crippen LogP contribution is 2.38. The second-order valence-corrected chi connectivity index (χ2v) is 8.68. The maximum absolute atomic E-state index is 11.3. The molecule has 0 aliphatic rings. The first-order valence-electron chi connectivity index (χ1n) is 8.68. The predicted molar refractivity (Wildman–Crippen MR) is 101 cm³/mol. The van der Waals surface area contributed by atoms with Crippen molar-refractivity contribution >= 4 is 14.5 Å². The highest BCUT2D eigenvalue weighted by atomic mass is 28.4. The number of nitrogens with zero attached hydrogens (tertiary/aromatic N) is 1. The van der Waals surface area contributed by atoms with Gasteiger partial charge in [-0.25, -0.2) is 0 Å². The van der Waals surface area contributed by atoms with Gasteiger partial charge in [0.1, 0.15) is 5.56 Å². The number of unbranched alkanes of at least 4 members (excludes halogenated alkanes) is 1. The van der Waals surface area contributed by atoms with E-state index in [1.54, 1.807) is 28.3 Å². The molecule has 0 aromatic heterocycles. The van der Waals surface area contributed by atoms with E-state index in [9.17, 15) is 10.1 Å². The Morgan fingerprint density at radius 1 is 1.07 bits per heavy atom. The summed E-state index contributed by atoms with van der Waals surface area (Å²) in [6.45, 7) is 2.66. The van der Waals surface area contributed by atoms with Crippen LogP contribution < -0.4 is 9.47 Å². The lowest BCUT2D eigenvalue weighted by molar-refractivity contribution is -0.386. The Hall–Kier alpha value is -1.72. The van der Waals surface area contributed by atoms with Crippen molar-refractivity contribution in [2.24, 2.45) is 0 Å². The summed E-state index contributed by atoms with van der Waals surface area (Å²) >= 11 is 0. The molecule has 27 heavy (non-hydrogen) atoms. The number of rotatable bonds is 14. The predicted octanol–water partition coefficient (Wildman–Crippen LogP) is 3.18. The largest absolute Gasteiger partial charge is 0.500 e. The zero-order valence-electron chi connectivity index (χ0n) is 16.6. The molecular formula is C17H29NO8Si. The summed E-state index contributed by atoms with van der Waals surface area (Å²) in [6.07, 6.45) is 1.53. The third kappa shape index (κ3) is 6.43. The molecule has 1 aromatic rings. The minimum absolute atomic E-state index is 0.0520. The fourth-order valence-corrected chi connectivity index (χ4v) is 4.44. The molecule has 0 heterocycles. The van der Waals surface area contributed by atoms with Gasteiger partial charge in [0.15, 0.2) is 11.5 Å². The minimum Gasteiger partial charge on any atom is -0.493 e. The fourth-order valence-electron chi connectivity index (χ4n) is 2.65. The number of nitro benzene ring substituents is 1. The van der Waals surface area contributed by atoms with E-state index in [4.69, 9.17) is 27.5 Å². The van der Waals surface area contributed by atoms with Gasteiger partial charge in [0.05, 0.1) is 25.2 Å². The summed E-state index contributed by atoms with van der Waals surface area (Å²) in [6, 6.07) is 3.59. The molecule has 10 heteroatoms. The zero-order valence-corrected chi connectivity index (χ0v) is 17.6. The van der Waals surface area contributed by atoms with E-state index in [2.05, 4.69) is 0 Å². The smallest absolute Gasteiger partial charge is 0.493 e. The van der Waals surface area contributed by atoms with Crippen LogP contribution in [-0.4, -0.2) is 55.4 Å². The number of hydrogen-bond acceptors (Lipinski definition) is 8. The molecule has 0 spiro atoms. The third-order valence-electron chi connectivity index (χ3n) is 4.11. The summed E-state index contributed by atoms with van der Waals surface area (Å²) in [5.74, 6) is 0.788. The van der Waals surface area contributed by atoms with Crippen LogP contribution in [0, 0.1) is 10.1 Å². The van der Waals surface area contributed by atoms with E-state index >= 15 is 0 Å². The normalized spacial score (nSPS) is 11.4. The Bertz CT molecular complexity index is 586. The van der Waals surface area contributed by atoms with Crippen LogP contribution in [-0.2, 0) is 24.6 Å². The first-order chi connectivity index (χ1) is 13.0. The van der Waals surface area contributed by atoms with E-state index in [1.807, 2.05) is 0 Å². The Morgan fingerprint density at radius 2 is 1.74 bits per heavy atom. The van der Waals surface area contributed by atoms with Gasteiger partial charge < -0.3 is 27.5 Å². The lowest BCUT2D eigenvalue weighted by atomic mass is 10.1. The molecule has 0 amide bonds. The van der Waals surface area contributed by atoms with Crippen LogP contribution in [0.4, 0.5) is 5.69 Å². The van der Waals surface area contributed by atoms with Crippen LogP contribution in [0.25, 0.3) is 0 Å². The topological polar surface area (TPSA) is 98.5 Å². The van der Waals surface area contributed by atoms with Gasteiger partial charge in [-0.3, -0.25) is 10.1 Å². The lowest BCUT2D eigenvalue weighted by Gasteiger charge is -2.24. The Kier molecular flexibility index (Phi) is 10.3.